The molecule has 0 amide bonds. The van der Waals surface area contributed by atoms with E-state index in [0.29, 0.717) is 18.2 Å². The van der Waals surface area contributed by atoms with Gasteiger partial charge >= 0.3 is 0 Å². The van der Waals surface area contributed by atoms with Crippen molar-refractivity contribution in [2.24, 2.45) is 0 Å². The van der Waals surface area contributed by atoms with Crippen LogP contribution in [0.25, 0.3) is 16.7 Å². The number of rotatable bonds is 4. The van der Waals surface area contributed by atoms with E-state index in [2.05, 4.69) is 48.7 Å². The van der Waals surface area contributed by atoms with Gasteiger partial charge < -0.3 is 9.88 Å². The van der Waals surface area contributed by atoms with E-state index in [1.807, 2.05) is 18.2 Å². The highest BCUT2D eigenvalue weighted by atomic mass is 15.6. The maximum Gasteiger partial charge on any atom is 0.200 e. The van der Waals surface area contributed by atoms with Crippen LogP contribution in [0.5, 0.6) is 0 Å². The smallest absolute Gasteiger partial charge is 0.200 e. The first-order valence-electron chi connectivity index (χ1n) is 7.64. The minimum Gasteiger partial charge on any atom is -0.361 e. The highest BCUT2D eigenvalue weighted by molar-refractivity contribution is 5.76. The van der Waals surface area contributed by atoms with E-state index >= 15 is 0 Å². The summed E-state index contributed by atoms with van der Waals surface area (Å²) in [5.74, 6) is 1.76. The summed E-state index contributed by atoms with van der Waals surface area (Å²) in [5.41, 5.74) is 2.87. The summed E-state index contributed by atoms with van der Waals surface area (Å²) in [5, 5.41) is 18.9. The zero-order valence-electron chi connectivity index (χ0n) is 12.3. The predicted molar refractivity (Wildman–Crippen MR) is 83.9 cm³/mol. The standard InChI is InChI=1S/C15H14N8/c1-2-4-12-11(3-1)17-15(22(12)10-5-6-10)9-16-13-7-8-14-18-20-21-23(14)19-13/h1-4,7-8,10H,5-6,9H2,(H,16,19). The van der Waals surface area contributed by atoms with E-state index in [4.69, 9.17) is 4.98 Å². The molecule has 114 valence electrons. The number of nitrogens with one attached hydrogen (secondary N) is 1. The van der Waals surface area contributed by atoms with Crippen molar-refractivity contribution >= 4 is 22.5 Å². The number of para-hydroxylation sites is 2. The molecule has 3 aromatic heterocycles. The lowest BCUT2D eigenvalue weighted by atomic mass is 10.3. The monoisotopic (exact) mass is 306 g/mol. The number of hydrogen-bond acceptors (Lipinski definition) is 6. The number of nitrogens with zero attached hydrogens (tertiary/aromatic N) is 7. The van der Waals surface area contributed by atoms with Gasteiger partial charge in [0, 0.05) is 6.04 Å². The summed E-state index contributed by atoms with van der Waals surface area (Å²) in [7, 11) is 0. The van der Waals surface area contributed by atoms with Crippen molar-refractivity contribution in [2.45, 2.75) is 25.4 Å². The number of imidazole rings is 1. The zero-order chi connectivity index (χ0) is 15.2. The fourth-order valence-corrected chi connectivity index (χ4v) is 2.87. The number of anilines is 1. The summed E-state index contributed by atoms with van der Waals surface area (Å²) in [4.78, 5) is 4.77. The van der Waals surface area contributed by atoms with E-state index in [9.17, 15) is 0 Å². The van der Waals surface area contributed by atoms with E-state index in [-0.39, 0.29) is 0 Å². The van der Waals surface area contributed by atoms with E-state index < -0.39 is 0 Å². The molecule has 0 atom stereocenters. The molecule has 0 radical (unpaired) electrons. The summed E-state index contributed by atoms with van der Waals surface area (Å²) < 4.78 is 3.75. The molecule has 0 unspecified atom stereocenters. The molecule has 1 aliphatic carbocycles. The van der Waals surface area contributed by atoms with Crippen LogP contribution in [0.15, 0.2) is 36.4 Å². The third kappa shape index (κ3) is 2.10. The molecule has 23 heavy (non-hydrogen) atoms. The van der Waals surface area contributed by atoms with Gasteiger partial charge in [-0.15, -0.1) is 14.8 Å². The number of tetrazole rings is 1. The van der Waals surface area contributed by atoms with E-state index in [1.165, 1.54) is 23.0 Å². The molecule has 0 bridgehead atoms. The summed E-state index contributed by atoms with van der Waals surface area (Å²) in [6, 6.07) is 12.6. The van der Waals surface area contributed by atoms with Crippen LogP contribution < -0.4 is 5.32 Å². The number of benzene rings is 1. The second-order valence-electron chi connectivity index (χ2n) is 5.72. The van der Waals surface area contributed by atoms with Gasteiger partial charge in [-0.2, -0.15) is 0 Å². The van der Waals surface area contributed by atoms with Crippen molar-refractivity contribution < 1.29 is 0 Å². The summed E-state index contributed by atoms with van der Waals surface area (Å²) >= 11 is 0. The molecule has 1 aliphatic rings. The van der Waals surface area contributed by atoms with Gasteiger partial charge in [0.05, 0.1) is 17.6 Å². The Morgan fingerprint density at radius 3 is 2.96 bits per heavy atom. The molecular weight excluding hydrogens is 292 g/mol. The molecule has 1 aromatic carbocycles. The third-order valence-electron chi connectivity index (χ3n) is 4.08. The van der Waals surface area contributed by atoms with Crippen LogP contribution in [0, 0.1) is 0 Å². The predicted octanol–water partition coefficient (Wildman–Crippen LogP) is 1.82. The summed E-state index contributed by atoms with van der Waals surface area (Å²) in [6.45, 7) is 0.617. The van der Waals surface area contributed by atoms with Crippen LogP contribution in [0.3, 0.4) is 0 Å². The molecule has 1 saturated carbocycles. The van der Waals surface area contributed by atoms with Gasteiger partial charge in [-0.25, -0.2) is 4.98 Å². The minimum atomic E-state index is 0.578. The van der Waals surface area contributed by atoms with Gasteiger partial charge in [0.2, 0.25) is 0 Å². The lowest BCUT2D eigenvalue weighted by Crippen LogP contribution is -2.10. The van der Waals surface area contributed by atoms with E-state index in [1.54, 1.807) is 0 Å². The normalized spacial score (nSPS) is 14.6. The van der Waals surface area contributed by atoms with Crippen molar-refractivity contribution in [2.75, 3.05) is 5.32 Å². The maximum absolute atomic E-state index is 4.77. The van der Waals surface area contributed by atoms with Gasteiger partial charge in [-0.05, 0) is 47.5 Å². The van der Waals surface area contributed by atoms with Crippen LogP contribution in [0.4, 0.5) is 5.82 Å². The Hall–Kier alpha value is -3.03. The summed E-state index contributed by atoms with van der Waals surface area (Å²) in [6.07, 6.45) is 2.45. The molecule has 0 saturated heterocycles. The number of hydrogen-bond donors (Lipinski definition) is 1. The molecule has 1 fully saturated rings. The van der Waals surface area contributed by atoms with Crippen LogP contribution in [-0.4, -0.2) is 34.8 Å². The lowest BCUT2D eigenvalue weighted by Gasteiger charge is -2.09. The first-order valence-corrected chi connectivity index (χ1v) is 7.64. The van der Waals surface area contributed by atoms with Crippen molar-refractivity contribution in [3.63, 3.8) is 0 Å². The molecule has 4 aromatic rings. The highest BCUT2D eigenvalue weighted by Crippen LogP contribution is 2.38. The van der Waals surface area contributed by atoms with Crippen LogP contribution in [0.1, 0.15) is 24.7 Å². The second kappa shape index (κ2) is 4.73. The molecule has 8 nitrogen and oxygen atoms in total. The molecule has 0 aliphatic heterocycles. The minimum absolute atomic E-state index is 0.578. The second-order valence-corrected chi connectivity index (χ2v) is 5.72. The van der Waals surface area contributed by atoms with E-state index in [0.717, 1.165) is 17.2 Å². The van der Waals surface area contributed by atoms with Crippen molar-refractivity contribution in [3.05, 3.63) is 42.2 Å². The van der Waals surface area contributed by atoms with Gasteiger partial charge in [0.25, 0.3) is 0 Å². The molecule has 0 spiro atoms. The maximum atomic E-state index is 4.77. The van der Waals surface area contributed by atoms with Crippen molar-refractivity contribution in [3.8, 4) is 0 Å². The Labute approximate surface area is 131 Å². The van der Waals surface area contributed by atoms with Gasteiger partial charge in [-0.1, -0.05) is 12.1 Å². The SMILES string of the molecule is c1ccc2c(c1)nc(CNc1ccc3nnnn3n1)n2C1CC1. The number of aromatic nitrogens is 7. The fourth-order valence-electron chi connectivity index (χ4n) is 2.87. The molecular formula is C15H14N8. The van der Waals surface area contributed by atoms with Gasteiger partial charge in [0.15, 0.2) is 5.65 Å². The Balaban J connectivity index is 1.47. The highest BCUT2D eigenvalue weighted by Gasteiger charge is 2.27. The average Bonchev–Trinajstić information content (AvgIpc) is 3.19. The Bertz CT molecular complexity index is 997. The number of fused-ring (bicyclic) bond motifs is 2. The Kier molecular flexibility index (Phi) is 2.57. The van der Waals surface area contributed by atoms with Crippen LogP contribution in [-0.2, 0) is 6.54 Å². The zero-order valence-corrected chi connectivity index (χ0v) is 12.3. The Morgan fingerprint density at radius 2 is 2.04 bits per heavy atom. The quantitative estimate of drug-likeness (QED) is 0.619. The largest absolute Gasteiger partial charge is 0.361 e. The Morgan fingerprint density at radius 1 is 1.13 bits per heavy atom. The molecule has 5 rings (SSSR count). The van der Waals surface area contributed by atoms with Gasteiger partial charge in [-0.3, -0.25) is 0 Å². The topological polar surface area (TPSA) is 85.8 Å². The molecule has 3 heterocycles. The average molecular weight is 306 g/mol. The molecule has 1 N–H and O–H groups in total. The van der Waals surface area contributed by atoms with Gasteiger partial charge in [0.1, 0.15) is 11.6 Å². The van der Waals surface area contributed by atoms with Crippen LogP contribution in [0.2, 0.25) is 0 Å². The lowest BCUT2D eigenvalue weighted by molar-refractivity contribution is 0.704. The van der Waals surface area contributed by atoms with Crippen molar-refractivity contribution in [1.29, 1.82) is 0 Å². The third-order valence-corrected chi connectivity index (χ3v) is 4.08. The first-order chi connectivity index (χ1) is 11.4. The first kappa shape index (κ1) is 12.5. The van der Waals surface area contributed by atoms with Crippen LogP contribution >= 0.6 is 0 Å². The fraction of sp³-hybridized carbons (Fsp3) is 0.267. The molecule has 8 heteroatoms. The van der Waals surface area contributed by atoms with Crippen molar-refractivity contribution in [1.82, 2.24) is 34.8 Å².